The number of fused-ring (bicyclic) bond motifs is 2. The maximum atomic E-state index is 13.6. The number of aryl methyl sites for hydroxylation is 1. The van der Waals surface area contributed by atoms with Crippen molar-refractivity contribution in [2.24, 2.45) is 5.92 Å². The largest absolute Gasteiger partial charge is 0.350 e. The van der Waals surface area contributed by atoms with Crippen LogP contribution in [0.4, 0.5) is 5.69 Å². The van der Waals surface area contributed by atoms with E-state index >= 15 is 0 Å². The molecule has 1 fully saturated rings. The topological polar surface area (TPSA) is 118 Å². The molecule has 0 aliphatic heterocycles. The van der Waals surface area contributed by atoms with Gasteiger partial charge < -0.3 is 15.6 Å². The standard InChI is InChI=1S/C29H29N7O2/c1-16(2)33-28(37)20-5-4-6-21(11-20)34-29(38)26-22-10-9-19(12-23(22)35-36(26)14-18-7-8-18)25-24-17(3)13-30-27(24)32-15-31-25/h4-6,9-13,15-16,18H,7-8,14H2,1-3H3,(H,33,37)(H,34,38)(H,30,31,32). The Morgan fingerprint density at radius 1 is 1.11 bits per heavy atom. The summed E-state index contributed by atoms with van der Waals surface area (Å²) < 4.78 is 1.83. The molecule has 1 saturated carbocycles. The number of anilines is 1. The van der Waals surface area contributed by atoms with E-state index in [1.807, 2.05) is 49.8 Å². The molecule has 9 nitrogen and oxygen atoms in total. The lowest BCUT2D eigenvalue weighted by molar-refractivity contribution is 0.0941. The van der Waals surface area contributed by atoms with Crippen LogP contribution in [-0.2, 0) is 6.54 Å². The van der Waals surface area contributed by atoms with Crippen LogP contribution in [0.15, 0.2) is 55.0 Å². The van der Waals surface area contributed by atoms with Crippen molar-refractivity contribution in [3.63, 3.8) is 0 Å². The lowest BCUT2D eigenvalue weighted by Gasteiger charge is -2.11. The number of nitrogens with one attached hydrogen (secondary N) is 3. The molecule has 1 aliphatic carbocycles. The number of benzene rings is 2. The molecule has 3 N–H and O–H groups in total. The fourth-order valence-electron chi connectivity index (χ4n) is 4.81. The second-order valence-electron chi connectivity index (χ2n) is 10.3. The molecule has 6 rings (SSSR count). The summed E-state index contributed by atoms with van der Waals surface area (Å²) in [5, 5.41) is 12.5. The van der Waals surface area contributed by atoms with Crippen molar-refractivity contribution in [2.45, 2.75) is 46.2 Å². The summed E-state index contributed by atoms with van der Waals surface area (Å²) >= 11 is 0. The number of aromatic amines is 1. The van der Waals surface area contributed by atoms with Crippen LogP contribution >= 0.6 is 0 Å². The molecular weight excluding hydrogens is 478 g/mol. The number of amides is 2. The molecule has 9 heteroatoms. The first-order chi connectivity index (χ1) is 18.4. The number of rotatable bonds is 7. The van der Waals surface area contributed by atoms with Gasteiger partial charge >= 0.3 is 0 Å². The summed E-state index contributed by atoms with van der Waals surface area (Å²) in [4.78, 5) is 38.2. The first-order valence-electron chi connectivity index (χ1n) is 12.9. The lowest BCUT2D eigenvalue weighted by atomic mass is 10.0. The molecule has 192 valence electrons. The molecule has 0 atom stereocenters. The van der Waals surface area contributed by atoms with E-state index in [-0.39, 0.29) is 17.9 Å². The predicted molar refractivity (Wildman–Crippen MR) is 147 cm³/mol. The molecule has 5 aromatic rings. The minimum Gasteiger partial charge on any atom is -0.350 e. The van der Waals surface area contributed by atoms with E-state index in [2.05, 4.69) is 25.6 Å². The van der Waals surface area contributed by atoms with Crippen LogP contribution in [0, 0.1) is 12.8 Å². The third-order valence-electron chi connectivity index (χ3n) is 6.83. The molecule has 0 radical (unpaired) electrons. The summed E-state index contributed by atoms with van der Waals surface area (Å²) in [6.45, 7) is 6.54. The van der Waals surface area contributed by atoms with Gasteiger partial charge in [-0.25, -0.2) is 9.97 Å². The van der Waals surface area contributed by atoms with Crippen molar-refractivity contribution in [1.82, 2.24) is 30.0 Å². The summed E-state index contributed by atoms with van der Waals surface area (Å²) in [5.74, 6) is 0.0972. The van der Waals surface area contributed by atoms with Gasteiger partial charge in [0.1, 0.15) is 17.7 Å². The van der Waals surface area contributed by atoms with Gasteiger partial charge in [0, 0.05) is 46.4 Å². The van der Waals surface area contributed by atoms with E-state index in [0.29, 0.717) is 29.4 Å². The maximum Gasteiger partial charge on any atom is 0.274 e. The van der Waals surface area contributed by atoms with Crippen molar-refractivity contribution >= 4 is 39.4 Å². The number of carbonyl (C=O) groups excluding carboxylic acids is 2. The number of nitrogens with zero attached hydrogens (tertiary/aromatic N) is 4. The average molecular weight is 508 g/mol. The first kappa shape index (κ1) is 23.8. The Hall–Kier alpha value is -4.53. The summed E-state index contributed by atoms with van der Waals surface area (Å²) in [7, 11) is 0. The highest BCUT2D eigenvalue weighted by molar-refractivity contribution is 6.12. The summed E-state index contributed by atoms with van der Waals surface area (Å²) in [6, 6.07) is 12.9. The van der Waals surface area contributed by atoms with Crippen molar-refractivity contribution < 1.29 is 9.59 Å². The number of H-pyrrole nitrogens is 1. The summed E-state index contributed by atoms with van der Waals surface area (Å²) in [5.41, 5.74) is 5.90. The number of hydrogen-bond acceptors (Lipinski definition) is 5. The smallest absolute Gasteiger partial charge is 0.274 e. The van der Waals surface area contributed by atoms with E-state index in [1.165, 1.54) is 0 Å². The molecule has 38 heavy (non-hydrogen) atoms. The van der Waals surface area contributed by atoms with Gasteiger partial charge in [0.2, 0.25) is 0 Å². The molecular formula is C29H29N7O2. The van der Waals surface area contributed by atoms with Crippen LogP contribution in [0.5, 0.6) is 0 Å². The third-order valence-corrected chi connectivity index (χ3v) is 6.83. The maximum absolute atomic E-state index is 13.6. The third kappa shape index (κ3) is 4.51. The van der Waals surface area contributed by atoms with Gasteiger partial charge in [-0.1, -0.05) is 12.1 Å². The first-order valence-corrected chi connectivity index (χ1v) is 12.9. The Kier molecular flexibility index (Phi) is 5.90. The van der Waals surface area contributed by atoms with Crippen molar-refractivity contribution in [1.29, 1.82) is 0 Å². The van der Waals surface area contributed by atoms with Gasteiger partial charge in [-0.2, -0.15) is 5.10 Å². The van der Waals surface area contributed by atoms with Gasteiger partial charge in [-0.15, -0.1) is 0 Å². The van der Waals surface area contributed by atoms with Gasteiger partial charge in [-0.05, 0) is 75.4 Å². The highest BCUT2D eigenvalue weighted by Crippen LogP contribution is 2.34. The highest BCUT2D eigenvalue weighted by atomic mass is 16.2. The van der Waals surface area contributed by atoms with Crippen LogP contribution in [0.2, 0.25) is 0 Å². The van der Waals surface area contributed by atoms with Crippen LogP contribution in [0.1, 0.15) is 53.1 Å². The Balaban J connectivity index is 1.37. The molecule has 0 saturated heterocycles. The normalized spacial score (nSPS) is 13.4. The Morgan fingerprint density at radius 2 is 1.95 bits per heavy atom. The van der Waals surface area contributed by atoms with Crippen LogP contribution in [-0.4, -0.2) is 42.6 Å². The molecule has 3 heterocycles. The molecule has 3 aromatic heterocycles. The molecule has 2 aromatic carbocycles. The molecule has 0 bridgehead atoms. The second-order valence-corrected chi connectivity index (χ2v) is 10.3. The Labute approximate surface area is 219 Å². The Bertz CT molecular complexity index is 1690. The quantitative estimate of drug-likeness (QED) is 0.284. The fourth-order valence-corrected chi connectivity index (χ4v) is 4.81. The van der Waals surface area contributed by atoms with Crippen LogP contribution in [0.3, 0.4) is 0 Å². The second kappa shape index (κ2) is 9.41. The molecule has 0 unspecified atom stereocenters. The van der Waals surface area contributed by atoms with Gasteiger partial charge in [0.15, 0.2) is 0 Å². The zero-order valence-electron chi connectivity index (χ0n) is 21.6. The predicted octanol–water partition coefficient (Wildman–Crippen LogP) is 5.08. The zero-order chi connectivity index (χ0) is 26.4. The van der Waals surface area contributed by atoms with Crippen LogP contribution in [0.25, 0.3) is 33.2 Å². The fraction of sp³-hybridized carbons (Fsp3) is 0.276. The molecule has 2 amide bonds. The zero-order valence-corrected chi connectivity index (χ0v) is 21.6. The van der Waals surface area contributed by atoms with E-state index < -0.39 is 0 Å². The monoisotopic (exact) mass is 507 g/mol. The average Bonchev–Trinajstić information content (AvgIpc) is 3.52. The van der Waals surface area contributed by atoms with Crippen molar-refractivity contribution in [2.75, 3.05) is 5.32 Å². The van der Waals surface area contributed by atoms with E-state index in [1.54, 1.807) is 30.6 Å². The minimum absolute atomic E-state index is 0.0217. The van der Waals surface area contributed by atoms with E-state index in [9.17, 15) is 9.59 Å². The summed E-state index contributed by atoms with van der Waals surface area (Å²) in [6.07, 6.45) is 5.76. The Morgan fingerprint density at radius 3 is 2.74 bits per heavy atom. The van der Waals surface area contributed by atoms with Gasteiger partial charge in [-0.3, -0.25) is 14.3 Å². The number of hydrogen-bond donors (Lipinski definition) is 3. The van der Waals surface area contributed by atoms with Gasteiger partial charge in [0.05, 0.1) is 11.2 Å². The SMILES string of the molecule is Cc1c[nH]c2ncnc(-c3ccc4c(C(=O)Nc5cccc(C(=O)NC(C)C)c5)n(CC5CC5)nc4c3)c12. The number of aromatic nitrogens is 5. The van der Waals surface area contributed by atoms with Crippen molar-refractivity contribution in [3.8, 4) is 11.3 Å². The van der Waals surface area contributed by atoms with E-state index in [0.717, 1.165) is 51.6 Å². The van der Waals surface area contributed by atoms with E-state index in [4.69, 9.17) is 5.10 Å². The highest BCUT2D eigenvalue weighted by Gasteiger charge is 2.27. The molecule has 0 spiro atoms. The number of carbonyl (C=O) groups is 2. The van der Waals surface area contributed by atoms with Crippen molar-refractivity contribution in [3.05, 3.63) is 71.8 Å². The van der Waals surface area contributed by atoms with Gasteiger partial charge in [0.25, 0.3) is 11.8 Å². The molecule has 1 aliphatic rings. The van der Waals surface area contributed by atoms with Crippen LogP contribution < -0.4 is 10.6 Å². The lowest BCUT2D eigenvalue weighted by Crippen LogP contribution is -2.30. The minimum atomic E-state index is -0.256.